The summed E-state index contributed by atoms with van der Waals surface area (Å²) in [6, 6.07) is 14.4. The Hall–Kier alpha value is -2.55. The van der Waals surface area contributed by atoms with Crippen LogP contribution in [0.5, 0.6) is 5.75 Å². The number of sulfonamides is 1. The van der Waals surface area contributed by atoms with Crippen LogP contribution in [0.15, 0.2) is 64.9 Å². The molecule has 9 heteroatoms. The van der Waals surface area contributed by atoms with Gasteiger partial charge in [0.15, 0.2) is 0 Å². The first kappa shape index (κ1) is 21.2. The molecule has 0 saturated heterocycles. The lowest BCUT2D eigenvalue weighted by Gasteiger charge is -2.13. The maximum absolute atomic E-state index is 12.8. The summed E-state index contributed by atoms with van der Waals surface area (Å²) in [6.45, 7) is 0.467. The van der Waals surface area contributed by atoms with Gasteiger partial charge in [0, 0.05) is 22.0 Å². The number of rotatable bonds is 8. The second kappa shape index (κ2) is 9.30. The number of benzene rings is 2. The fourth-order valence-corrected chi connectivity index (χ4v) is 4.61. The summed E-state index contributed by atoms with van der Waals surface area (Å²) in [4.78, 5) is 13.5. The topological polar surface area (TPSA) is 84.5 Å². The average Bonchev–Trinajstić information content (AvgIpc) is 3.21. The van der Waals surface area contributed by atoms with Gasteiger partial charge in [0.2, 0.25) is 0 Å². The van der Waals surface area contributed by atoms with Crippen LogP contribution in [0, 0.1) is 0 Å². The Morgan fingerprint density at radius 1 is 1.14 bits per heavy atom. The standard InChI is InChI=1S/C20H19ClN2O4S2/c1-27-19-8-7-15(21)13-18(19)23-29(25,26)17-6-2-4-14(12-17)20(24)22-10-9-16-5-3-11-28-16/h2-8,11-13,23H,9-10H2,1H3,(H,22,24). The number of hydrogen-bond donors (Lipinski definition) is 2. The van der Waals surface area contributed by atoms with Crippen molar-refractivity contribution < 1.29 is 17.9 Å². The molecule has 0 saturated carbocycles. The van der Waals surface area contributed by atoms with E-state index in [-0.39, 0.29) is 22.1 Å². The molecule has 2 N–H and O–H groups in total. The van der Waals surface area contributed by atoms with E-state index in [0.29, 0.717) is 17.3 Å². The average molecular weight is 451 g/mol. The Balaban J connectivity index is 1.73. The van der Waals surface area contributed by atoms with Crippen molar-refractivity contribution in [1.82, 2.24) is 5.32 Å². The first-order valence-corrected chi connectivity index (χ1v) is 11.4. The van der Waals surface area contributed by atoms with Crippen LogP contribution in [0.4, 0.5) is 5.69 Å². The third-order valence-corrected chi connectivity index (χ3v) is 6.58. The molecule has 1 aromatic heterocycles. The van der Waals surface area contributed by atoms with E-state index in [1.807, 2.05) is 17.5 Å². The lowest BCUT2D eigenvalue weighted by molar-refractivity contribution is 0.0954. The third kappa shape index (κ3) is 5.50. The van der Waals surface area contributed by atoms with Crippen LogP contribution in [0.2, 0.25) is 5.02 Å². The number of amides is 1. The summed E-state index contributed by atoms with van der Waals surface area (Å²) in [6.07, 6.45) is 0.720. The van der Waals surface area contributed by atoms with E-state index in [0.717, 1.165) is 6.42 Å². The minimum atomic E-state index is -3.94. The number of thiophene rings is 1. The number of ether oxygens (including phenoxy) is 1. The van der Waals surface area contributed by atoms with Gasteiger partial charge < -0.3 is 10.1 Å². The van der Waals surface area contributed by atoms with Gasteiger partial charge in [-0.2, -0.15) is 0 Å². The number of carbonyl (C=O) groups excluding carboxylic acids is 1. The van der Waals surface area contributed by atoms with E-state index < -0.39 is 10.0 Å². The van der Waals surface area contributed by atoms with Gasteiger partial charge in [-0.25, -0.2) is 8.42 Å². The molecule has 3 aromatic rings. The Labute approximate surface area is 178 Å². The number of methoxy groups -OCH3 is 1. The van der Waals surface area contributed by atoms with Gasteiger partial charge >= 0.3 is 0 Å². The summed E-state index contributed by atoms with van der Waals surface area (Å²) in [5.41, 5.74) is 0.475. The number of carbonyl (C=O) groups is 1. The van der Waals surface area contributed by atoms with Gasteiger partial charge in [0.1, 0.15) is 5.75 Å². The molecule has 0 aliphatic carbocycles. The highest BCUT2D eigenvalue weighted by Crippen LogP contribution is 2.29. The molecule has 0 radical (unpaired) electrons. The number of nitrogens with one attached hydrogen (secondary N) is 2. The Bertz CT molecular complexity index is 1100. The molecule has 1 heterocycles. The zero-order valence-corrected chi connectivity index (χ0v) is 17.9. The van der Waals surface area contributed by atoms with Crippen LogP contribution < -0.4 is 14.8 Å². The third-order valence-electron chi connectivity index (χ3n) is 4.05. The fourth-order valence-electron chi connectivity index (χ4n) is 2.62. The van der Waals surface area contributed by atoms with E-state index in [1.54, 1.807) is 29.5 Å². The van der Waals surface area contributed by atoms with Crippen LogP contribution in [-0.4, -0.2) is 28.0 Å². The van der Waals surface area contributed by atoms with Crippen molar-refractivity contribution in [3.63, 3.8) is 0 Å². The molecule has 29 heavy (non-hydrogen) atoms. The van der Waals surface area contributed by atoms with Crippen molar-refractivity contribution in [2.24, 2.45) is 0 Å². The van der Waals surface area contributed by atoms with Crippen LogP contribution in [-0.2, 0) is 16.4 Å². The molecule has 0 fully saturated rings. The molecule has 2 aromatic carbocycles. The van der Waals surface area contributed by atoms with E-state index in [1.165, 1.54) is 36.3 Å². The highest BCUT2D eigenvalue weighted by Gasteiger charge is 2.18. The summed E-state index contributed by atoms with van der Waals surface area (Å²) < 4.78 is 33.2. The van der Waals surface area contributed by atoms with E-state index in [2.05, 4.69) is 10.0 Å². The Morgan fingerprint density at radius 2 is 1.97 bits per heavy atom. The number of anilines is 1. The van der Waals surface area contributed by atoms with E-state index in [9.17, 15) is 13.2 Å². The highest BCUT2D eigenvalue weighted by atomic mass is 35.5. The first-order valence-electron chi connectivity index (χ1n) is 8.66. The second-order valence-electron chi connectivity index (χ2n) is 6.06. The molecule has 0 atom stereocenters. The molecule has 0 aliphatic heterocycles. The zero-order valence-electron chi connectivity index (χ0n) is 15.5. The molecule has 0 aliphatic rings. The Morgan fingerprint density at radius 3 is 2.69 bits per heavy atom. The van der Waals surface area contributed by atoms with Crippen LogP contribution >= 0.6 is 22.9 Å². The lowest BCUT2D eigenvalue weighted by atomic mass is 10.2. The predicted octanol–water partition coefficient (Wildman–Crippen LogP) is 4.18. The van der Waals surface area contributed by atoms with E-state index in [4.69, 9.17) is 16.3 Å². The highest BCUT2D eigenvalue weighted by molar-refractivity contribution is 7.92. The van der Waals surface area contributed by atoms with Crippen LogP contribution in [0.25, 0.3) is 0 Å². The Kier molecular flexibility index (Phi) is 6.79. The van der Waals surface area contributed by atoms with Crippen LogP contribution in [0.1, 0.15) is 15.2 Å². The number of halogens is 1. The maximum atomic E-state index is 12.8. The molecule has 6 nitrogen and oxygen atoms in total. The SMILES string of the molecule is COc1ccc(Cl)cc1NS(=O)(=O)c1cccc(C(=O)NCCc2cccs2)c1. The zero-order chi connectivity index (χ0) is 20.9. The van der Waals surface area contributed by atoms with Gasteiger partial charge in [0.05, 0.1) is 17.7 Å². The predicted molar refractivity (Wildman–Crippen MR) is 116 cm³/mol. The summed E-state index contributed by atoms with van der Waals surface area (Å²) in [7, 11) is -2.51. The summed E-state index contributed by atoms with van der Waals surface area (Å²) in [5.74, 6) is -0.000563. The van der Waals surface area contributed by atoms with Gasteiger partial charge in [-0.05, 0) is 54.3 Å². The molecule has 3 rings (SSSR count). The smallest absolute Gasteiger partial charge is 0.262 e. The van der Waals surface area contributed by atoms with Gasteiger partial charge in [-0.1, -0.05) is 23.7 Å². The maximum Gasteiger partial charge on any atom is 0.262 e. The molecular weight excluding hydrogens is 432 g/mol. The van der Waals surface area contributed by atoms with Gasteiger partial charge in [-0.3, -0.25) is 9.52 Å². The lowest BCUT2D eigenvalue weighted by Crippen LogP contribution is -2.25. The molecular formula is C20H19ClN2O4S2. The van der Waals surface area contributed by atoms with Crippen molar-refractivity contribution in [3.8, 4) is 5.75 Å². The van der Waals surface area contributed by atoms with E-state index >= 15 is 0 Å². The van der Waals surface area contributed by atoms with Crippen molar-refractivity contribution >= 4 is 44.6 Å². The molecule has 1 amide bonds. The molecule has 0 unspecified atom stereocenters. The molecule has 152 valence electrons. The van der Waals surface area contributed by atoms with Gasteiger partial charge in [-0.15, -0.1) is 11.3 Å². The minimum absolute atomic E-state index is 0.0366. The minimum Gasteiger partial charge on any atom is -0.495 e. The molecule has 0 spiro atoms. The first-order chi connectivity index (χ1) is 13.9. The normalized spacial score (nSPS) is 11.1. The summed E-state index contributed by atoms with van der Waals surface area (Å²) >= 11 is 7.58. The monoisotopic (exact) mass is 450 g/mol. The molecule has 0 bridgehead atoms. The van der Waals surface area contributed by atoms with Crippen molar-refractivity contribution in [2.45, 2.75) is 11.3 Å². The van der Waals surface area contributed by atoms with Crippen LogP contribution in [0.3, 0.4) is 0 Å². The van der Waals surface area contributed by atoms with Crippen molar-refractivity contribution in [3.05, 3.63) is 75.4 Å². The van der Waals surface area contributed by atoms with Crippen molar-refractivity contribution in [1.29, 1.82) is 0 Å². The van der Waals surface area contributed by atoms with Crippen molar-refractivity contribution in [2.75, 3.05) is 18.4 Å². The number of hydrogen-bond acceptors (Lipinski definition) is 5. The summed E-state index contributed by atoms with van der Waals surface area (Å²) in [5, 5.41) is 5.15. The second-order valence-corrected chi connectivity index (χ2v) is 9.21. The van der Waals surface area contributed by atoms with Gasteiger partial charge in [0.25, 0.3) is 15.9 Å². The fraction of sp³-hybridized carbons (Fsp3) is 0.150. The quantitative estimate of drug-likeness (QED) is 0.539. The largest absolute Gasteiger partial charge is 0.495 e.